The summed E-state index contributed by atoms with van der Waals surface area (Å²) in [5, 5.41) is 16.0. The third-order valence-electron chi connectivity index (χ3n) is 4.14. The molecule has 0 spiro atoms. The molecular weight excluding hydrogens is 409 g/mol. The van der Waals surface area contributed by atoms with Crippen molar-refractivity contribution in [2.24, 2.45) is 0 Å². The van der Waals surface area contributed by atoms with E-state index in [1.165, 1.54) is 0 Å². The van der Waals surface area contributed by atoms with Gasteiger partial charge in [0.1, 0.15) is 6.54 Å². The maximum absolute atomic E-state index is 13.1. The van der Waals surface area contributed by atoms with E-state index in [1.54, 1.807) is 4.90 Å². The Hall–Kier alpha value is -2.60. The van der Waals surface area contributed by atoms with Gasteiger partial charge in [-0.1, -0.05) is 30.0 Å². The molecule has 1 aromatic carbocycles. The van der Waals surface area contributed by atoms with Gasteiger partial charge in [-0.3, -0.25) is 4.57 Å². The number of nitrogens with zero attached hydrogens (tertiary/aromatic N) is 6. The average Bonchev–Trinajstić information content (AvgIpc) is 3.34. The second-order valence-corrected chi connectivity index (χ2v) is 7.18. The standard InChI is InChI=1S/C17H17F3N6O2S/c18-17(19,20)11-26-15(25-6-8-27-9-7-25)23-24-16(26)29-10-13-21-22-14(28-13)12-4-2-1-3-5-12/h1-5H,6-11H2. The van der Waals surface area contributed by atoms with Gasteiger partial charge in [-0.15, -0.1) is 20.4 Å². The molecule has 29 heavy (non-hydrogen) atoms. The van der Waals surface area contributed by atoms with Crippen LogP contribution in [-0.4, -0.2) is 57.4 Å². The van der Waals surface area contributed by atoms with Gasteiger partial charge in [-0.25, -0.2) is 0 Å². The van der Waals surface area contributed by atoms with Crippen LogP contribution in [0.1, 0.15) is 5.89 Å². The van der Waals surface area contributed by atoms with E-state index in [0.717, 1.165) is 21.9 Å². The van der Waals surface area contributed by atoms with Crippen LogP contribution in [0.3, 0.4) is 0 Å². The van der Waals surface area contributed by atoms with Crippen molar-refractivity contribution in [3.63, 3.8) is 0 Å². The lowest BCUT2D eigenvalue weighted by molar-refractivity contribution is -0.141. The molecule has 0 saturated carbocycles. The number of rotatable bonds is 6. The lowest BCUT2D eigenvalue weighted by Gasteiger charge is -2.28. The van der Waals surface area contributed by atoms with Crippen molar-refractivity contribution in [1.29, 1.82) is 0 Å². The second-order valence-electron chi connectivity index (χ2n) is 6.24. The predicted molar refractivity (Wildman–Crippen MR) is 98.4 cm³/mol. The number of hydrogen-bond donors (Lipinski definition) is 0. The van der Waals surface area contributed by atoms with E-state index >= 15 is 0 Å². The van der Waals surface area contributed by atoms with E-state index in [4.69, 9.17) is 9.15 Å². The zero-order chi connectivity index (χ0) is 20.3. The SMILES string of the molecule is FC(F)(F)Cn1c(SCc2nnc(-c3ccccc3)o2)nnc1N1CCOCC1. The summed E-state index contributed by atoms with van der Waals surface area (Å²) in [5.41, 5.74) is 0.770. The fourth-order valence-electron chi connectivity index (χ4n) is 2.84. The van der Waals surface area contributed by atoms with E-state index in [0.29, 0.717) is 38.1 Å². The monoisotopic (exact) mass is 426 g/mol. The Bertz CT molecular complexity index is 940. The molecule has 0 unspecified atom stereocenters. The van der Waals surface area contributed by atoms with E-state index < -0.39 is 12.7 Å². The first-order valence-electron chi connectivity index (χ1n) is 8.83. The van der Waals surface area contributed by atoms with Gasteiger partial charge in [0.2, 0.25) is 17.7 Å². The average molecular weight is 426 g/mol. The van der Waals surface area contributed by atoms with E-state index in [-0.39, 0.29) is 16.9 Å². The first kappa shape index (κ1) is 19.7. The minimum atomic E-state index is -4.40. The Balaban J connectivity index is 1.51. The molecule has 3 heterocycles. The molecule has 0 bridgehead atoms. The van der Waals surface area contributed by atoms with E-state index in [1.807, 2.05) is 30.3 Å². The minimum Gasteiger partial charge on any atom is -0.420 e. The summed E-state index contributed by atoms with van der Waals surface area (Å²) in [7, 11) is 0. The van der Waals surface area contributed by atoms with Crippen LogP contribution in [0.25, 0.3) is 11.5 Å². The number of alkyl halides is 3. The molecular formula is C17H17F3N6O2S. The van der Waals surface area contributed by atoms with Crippen LogP contribution in [0, 0.1) is 0 Å². The van der Waals surface area contributed by atoms with Gasteiger partial charge in [-0.05, 0) is 12.1 Å². The fourth-order valence-corrected chi connectivity index (χ4v) is 3.61. The van der Waals surface area contributed by atoms with Crippen LogP contribution in [-0.2, 0) is 17.0 Å². The van der Waals surface area contributed by atoms with Crippen LogP contribution in [0.2, 0.25) is 0 Å². The van der Waals surface area contributed by atoms with Crippen LogP contribution in [0.5, 0.6) is 0 Å². The zero-order valence-electron chi connectivity index (χ0n) is 15.2. The van der Waals surface area contributed by atoms with Crippen molar-refractivity contribution in [2.75, 3.05) is 31.2 Å². The molecule has 1 aliphatic rings. The number of hydrogen-bond acceptors (Lipinski definition) is 8. The van der Waals surface area contributed by atoms with Crippen molar-refractivity contribution in [2.45, 2.75) is 23.6 Å². The second kappa shape index (κ2) is 8.41. The van der Waals surface area contributed by atoms with Crippen LogP contribution < -0.4 is 4.90 Å². The van der Waals surface area contributed by atoms with Gasteiger partial charge in [0.05, 0.1) is 19.0 Å². The molecule has 8 nitrogen and oxygen atoms in total. The number of anilines is 1. The summed E-state index contributed by atoms with van der Waals surface area (Å²) in [6, 6.07) is 9.23. The summed E-state index contributed by atoms with van der Waals surface area (Å²) < 4.78 is 51.3. The van der Waals surface area contributed by atoms with Gasteiger partial charge in [-0.2, -0.15) is 13.2 Å². The van der Waals surface area contributed by atoms with Crippen molar-refractivity contribution in [1.82, 2.24) is 25.0 Å². The molecule has 4 rings (SSSR count). The smallest absolute Gasteiger partial charge is 0.406 e. The highest BCUT2D eigenvalue weighted by atomic mass is 32.2. The molecule has 1 fully saturated rings. The lowest BCUT2D eigenvalue weighted by atomic mass is 10.2. The van der Waals surface area contributed by atoms with Gasteiger partial charge < -0.3 is 14.1 Å². The van der Waals surface area contributed by atoms with Crippen LogP contribution in [0.15, 0.2) is 39.9 Å². The number of morpholine rings is 1. The number of halogens is 3. The quantitative estimate of drug-likeness (QED) is 0.557. The third-order valence-corrected chi connectivity index (χ3v) is 5.09. The first-order valence-corrected chi connectivity index (χ1v) is 9.81. The van der Waals surface area contributed by atoms with Crippen LogP contribution >= 0.6 is 11.8 Å². The van der Waals surface area contributed by atoms with Crippen molar-refractivity contribution in [3.05, 3.63) is 36.2 Å². The Kier molecular flexibility index (Phi) is 5.72. The Labute approximate surface area is 168 Å². The number of ether oxygens (including phenoxy) is 1. The highest BCUT2D eigenvalue weighted by Crippen LogP contribution is 2.30. The van der Waals surface area contributed by atoms with E-state index in [2.05, 4.69) is 20.4 Å². The maximum Gasteiger partial charge on any atom is 0.406 e. The molecule has 2 aromatic heterocycles. The van der Waals surface area contributed by atoms with Gasteiger partial charge in [0, 0.05) is 18.7 Å². The molecule has 154 valence electrons. The Morgan fingerprint density at radius 1 is 1.00 bits per heavy atom. The first-order chi connectivity index (χ1) is 14.0. The Morgan fingerprint density at radius 2 is 1.76 bits per heavy atom. The Morgan fingerprint density at radius 3 is 2.48 bits per heavy atom. The maximum atomic E-state index is 13.1. The zero-order valence-corrected chi connectivity index (χ0v) is 16.0. The number of thioether (sulfide) groups is 1. The van der Waals surface area contributed by atoms with Crippen molar-refractivity contribution in [3.8, 4) is 11.5 Å². The molecule has 0 amide bonds. The summed E-state index contributed by atoms with van der Waals surface area (Å²) in [6.07, 6.45) is -4.40. The summed E-state index contributed by atoms with van der Waals surface area (Å²) in [4.78, 5) is 1.74. The van der Waals surface area contributed by atoms with Crippen molar-refractivity contribution < 1.29 is 22.3 Å². The minimum absolute atomic E-state index is 0.142. The molecule has 0 radical (unpaired) electrons. The third kappa shape index (κ3) is 4.88. The summed E-state index contributed by atoms with van der Waals surface area (Å²) >= 11 is 1.07. The largest absolute Gasteiger partial charge is 0.420 e. The van der Waals surface area contributed by atoms with Gasteiger partial charge in [0.25, 0.3) is 0 Å². The molecule has 0 aliphatic carbocycles. The highest BCUT2D eigenvalue weighted by Gasteiger charge is 2.33. The molecule has 1 aliphatic heterocycles. The topological polar surface area (TPSA) is 82.1 Å². The van der Waals surface area contributed by atoms with Crippen molar-refractivity contribution >= 4 is 17.7 Å². The van der Waals surface area contributed by atoms with E-state index in [9.17, 15) is 13.2 Å². The van der Waals surface area contributed by atoms with Crippen LogP contribution in [0.4, 0.5) is 19.1 Å². The summed E-state index contributed by atoms with van der Waals surface area (Å²) in [5.74, 6) is 1.01. The molecule has 0 atom stereocenters. The highest BCUT2D eigenvalue weighted by molar-refractivity contribution is 7.98. The molecule has 3 aromatic rings. The fraction of sp³-hybridized carbons (Fsp3) is 0.412. The number of aromatic nitrogens is 5. The predicted octanol–water partition coefficient (Wildman–Crippen LogP) is 3.02. The number of benzene rings is 1. The molecule has 1 saturated heterocycles. The van der Waals surface area contributed by atoms with Gasteiger partial charge >= 0.3 is 6.18 Å². The molecule has 12 heteroatoms. The summed E-state index contributed by atoms with van der Waals surface area (Å²) in [6.45, 7) is 0.626. The normalized spacial score (nSPS) is 15.1. The molecule has 0 N–H and O–H groups in total. The van der Waals surface area contributed by atoms with Gasteiger partial charge in [0.15, 0.2) is 5.16 Å². The lowest BCUT2D eigenvalue weighted by Crippen LogP contribution is -2.38.